The number of ether oxygens (including phenoxy) is 1. The molecule has 5 nitrogen and oxygen atoms in total. The molecular formula is C15H22N2O3. The Balaban J connectivity index is 1.96. The molecule has 1 aliphatic heterocycles. The van der Waals surface area contributed by atoms with Crippen molar-refractivity contribution >= 4 is 11.7 Å². The van der Waals surface area contributed by atoms with E-state index >= 15 is 0 Å². The maximum Gasteiger partial charge on any atom is 0.323 e. The number of methoxy groups -OCH3 is 1. The van der Waals surface area contributed by atoms with Gasteiger partial charge in [0, 0.05) is 39.0 Å². The lowest BCUT2D eigenvalue weighted by Crippen LogP contribution is -2.54. The summed E-state index contributed by atoms with van der Waals surface area (Å²) in [6, 6.07) is 7.87. The smallest absolute Gasteiger partial charge is 0.323 e. The predicted octanol–water partition coefficient (Wildman–Crippen LogP) is 1.22. The fraction of sp³-hybridized carbons (Fsp3) is 0.533. The van der Waals surface area contributed by atoms with Gasteiger partial charge in [-0.25, -0.2) is 0 Å². The third kappa shape index (κ3) is 3.49. The molecule has 2 rings (SSSR count). The lowest BCUT2D eigenvalue weighted by atomic mass is 10.1. The van der Waals surface area contributed by atoms with Gasteiger partial charge in [0.1, 0.15) is 6.04 Å². The highest BCUT2D eigenvalue weighted by atomic mass is 16.5. The van der Waals surface area contributed by atoms with Gasteiger partial charge in [-0.3, -0.25) is 9.69 Å². The van der Waals surface area contributed by atoms with Crippen molar-refractivity contribution in [2.75, 3.05) is 44.8 Å². The van der Waals surface area contributed by atoms with Crippen LogP contribution in [-0.2, 0) is 9.53 Å². The SMILES string of the molecule is COCC(C(=O)O)N1CCN(c2cccc(C)c2)CC1. The Labute approximate surface area is 119 Å². The third-order valence-corrected chi connectivity index (χ3v) is 3.73. The van der Waals surface area contributed by atoms with Crippen molar-refractivity contribution in [3.8, 4) is 0 Å². The molecule has 5 heteroatoms. The van der Waals surface area contributed by atoms with Crippen LogP contribution in [0.1, 0.15) is 5.56 Å². The van der Waals surface area contributed by atoms with Gasteiger partial charge in [0.25, 0.3) is 0 Å². The van der Waals surface area contributed by atoms with Gasteiger partial charge in [-0.05, 0) is 24.6 Å². The summed E-state index contributed by atoms with van der Waals surface area (Å²) in [5.74, 6) is -0.809. The van der Waals surface area contributed by atoms with Crippen LogP contribution >= 0.6 is 0 Å². The number of hydrogen-bond acceptors (Lipinski definition) is 4. The van der Waals surface area contributed by atoms with Crippen molar-refractivity contribution in [3.63, 3.8) is 0 Å². The highest BCUT2D eigenvalue weighted by molar-refractivity contribution is 5.73. The summed E-state index contributed by atoms with van der Waals surface area (Å²) in [6.07, 6.45) is 0. The zero-order valence-electron chi connectivity index (χ0n) is 12.1. The number of anilines is 1. The van der Waals surface area contributed by atoms with Crippen molar-refractivity contribution in [3.05, 3.63) is 29.8 Å². The first-order chi connectivity index (χ1) is 9.61. The number of carboxylic acids is 1. The van der Waals surface area contributed by atoms with E-state index in [2.05, 4.69) is 36.1 Å². The monoisotopic (exact) mass is 278 g/mol. The van der Waals surface area contributed by atoms with Crippen LogP contribution < -0.4 is 4.90 Å². The summed E-state index contributed by atoms with van der Waals surface area (Å²) in [6.45, 7) is 5.50. The lowest BCUT2D eigenvalue weighted by molar-refractivity contribution is -0.145. The number of nitrogens with zero attached hydrogens (tertiary/aromatic N) is 2. The first-order valence-electron chi connectivity index (χ1n) is 6.89. The number of aryl methyl sites for hydroxylation is 1. The summed E-state index contributed by atoms with van der Waals surface area (Å²) in [7, 11) is 1.54. The number of hydrogen-bond donors (Lipinski definition) is 1. The Hall–Kier alpha value is -1.59. The van der Waals surface area contributed by atoms with Gasteiger partial charge in [-0.15, -0.1) is 0 Å². The van der Waals surface area contributed by atoms with E-state index < -0.39 is 12.0 Å². The average Bonchev–Trinajstić information content (AvgIpc) is 2.45. The summed E-state index contributed by atoms with van der Waals surface area (Å²) in [5.41, 5.74) is 2.45. The molecule has 1 saturated heterocycles. The minimum absolute atomic E-state index is 0.236. The molecule has 1 atom stereocenters. The number of aliphatic carboxylic acids is 1. The Kier molecular flexibility index (Phi) is 4.98. The van der Waals surface area contributed by atoms with Crippen LogP contribution in [0.2, 0.25) is 0 Å². The highest BCUT2D eigenvalue weighted by Gasteiger charge is 2.28. The molecule has 1 fully saturated rings. The van der Waals surface area contributed by atoms with Crippen molar-refractivity contribution in [1.82, 2.24) is 4.90 Å². The number of piperazine rings is 1. The molecule has 0 radical (unpaired) electrons. The first kappa shape index (κ1) is 14.8. The van der Waals surface area contributed by atoms with Gasteiger partial charge in [0.05, 0.1) is 6.61 Å². The Bertz CT molecular complexity index is 456. The summed E-state index contributed by atoms with van der Waals surface area (Å²) in [4.78, 5) is 15.5. The fourth-order valence-electron chi connectivity index (χ4n) is 2.61. The van der Waals surface area contributed by atoms with E-state index in [-0.39, 0.29) is 6.61 Å². The van der Waals surface area contributed by atoms with Crippen molar-refractivity contribution in [2.24, 2.45) is 0 Å². The molecule has 1 aromatic carbocycles. The standard InChI is InChI=1S/C15H22N2O3/c1-12-4-3-5-13(10-12)16-6-8-17(9-7-16)14(11-20-2)15(18)19/h3-5,10,14H,6-9,11H2,1-2H3,(H,18,19). The van der Waals surface area contributed by atoms with Crippen molar-refractivity contribution in [2.45, 2.75) is 13.0 Å². The normalized spacial score (nSPS) is 18.0. The number of benzene rings is 1. The molecule has 20 heavy (non-hydrogen) atoms. The molecule has 0 aliphatic carbocycles. The van der Waals surface area contributed by atoms with Crippen molar-refractivity contribution < 1.29 is 14.6 Å². The third-order valence-electron chi connectivity index (χ3n) is 3.73. The molecule has 0 aromatic heterocycles. The van der Waals surface area contributed by atoms with Crippen LogP contribution in [-0.4, -0.2) is 61.9 Å². The second-order valence-electron chi connectivity index (χ2n) is 5.17. The van der Waals surface area contributed by atoms with E-state index in [1.165, 1.54) is 11.3 Å². The van der Waals surface area contributed by atoms with Gasteiger partial charge in [-0.2, -0.15) is 0 Å². The molecule has 1 aromatic rings. The highest BCUT2D eigenvalue weighted by Crippen LogP contribution is 2.18. The molecule has 1 aliphatic rings. The largest absolute Gasteiger partial charge is 0.480 e. The van der Waals surface area contributed by atoms with E-state index in [9.17, 15) is 9.90 Å². The van der Waals surface area contributed by atoms with Crippen LogP contribution in [0.5, 0.6) is 0 Å². The summed E-state index contributed by atoms with van der Waals surface area (Å²) < 4.78 is 5.01. The topological polar surface area (TPSA) is 53.0 Å². The van der Waals surface area contributed by atoms with Crippen LogP contribution in [0.4, 0.5) is 5.69 Å². The van der Waals surface area contributed by atoms with Gasteiger partial charge in [0.15, 0.2) is 0 Å². The van der Waals surface area contributed by atoms with Gasteiger partial charge in [-0.1, -0.05) is 12.1 Å². The molecular weight excluding hydrogens is 256 g/mol. The first-order valence-corrected chi connectivity index (χ1v) is 6.89. The molecule has 0 amide bonds. The van der Waals surface area contributed by atoms with E-state index in [1.54, 1.807) is 7.11 Å². The van der Waals surface area contributed by atoms with E-state index in [1.807, 2.05) is 4.90 Å². The Morgan fingerprint density at radius 2 is 2.05 bits per heavy atom. The van der Waals surface area contributed by atoms with Crippen LogP contribution in [0, 0.1) is 6.92 Å². The average molecular weight is 278 g/mol. The molecule has 0 spiro atoms. The van der Waals surface area contributed by atoms with Crippen LogP contribution in [0.15, 0.2) is 24.3 Å². The minimum atomic E-state index is -0.809. The number of rotatable bonds is 5. The minimum Gasteiger partial charge on any atom is -0.480 e. The second-order valence-corrected chi connectivity index (χ2v) is 5.17. The number of carbonyl (C=O) groups is 1. The Morgan fingerprint density at radius 3 is 2.60 bits per heavy atom. The molecule has 1 N–H and O–H groups in total. The second kappa shape index (κ2) is 6.72. The predicted molar refractivity (Wildman–Crippen MR) is 78.3 cm³/mol. The van der Waals surface area contributed by atoms with E-state index in [4.69, 9.17) is 4.74 Å². The van der Waals surface area contributed by atoms with Crippen LogP contribution in [0.3, 0.4) is 0 Å². The summed E-state index contributed by atoms with van der Waals surface area (Å²) in [5, 5.41) is 9.24. The molecule has 1 heterocycles. The van der Waals surface area contributed by atoms with Gasteiger partial charge in [0.2, 0.25) is 0 Å². The zero-order valence-corrected chi connectivity index (χ0v) is 12.1. The molecule has 110 valence electrons. The van der Waals surface area contributed by atoms with Gasteiger partial charge >= 0.3 is 5.97 Å². The maximum atomic E-state index is 11.2. The van der Waals surface area contributed by atoms with Crippen molar-refractivity contribution in [1.29, 1.82) is 0 Å². The molecule has 0 saturated carbocycles. The quantitative estimate of drug-likeness (QED) is 0.877. The zero-order chi connectivity index (χ0) is 14.5. The Morgan fingerprint density at radius 1 is 1.35 bits per heavy atom. The lowest BCUT2D eigenvalue weighted by Gasteiger charge is -2.38. The fourth-order valence-corrected chi connectivity index (χ4v) is 2.61. The van der Waals surface area contributed by atoms with E-state index in [0.29, 0.717) is 0 Å². The van der Waals surface area contributed by atoms with Crippen LogP contribution in [0.25, 0.3) is 0 Å². The van der Waals surface area contributed by atoms with Gasteiger partial charge < -0.3 is 14.7 Å². The number of carboxylic acid groups (broad SMARTS) is 1. The summed E-state index contributed by atoms with van der Waals surface area (Å²) >= 11 is 0. The van der Waals surface area contributed by atoms with E-state index in [0.717, 1.165) is 26.2 Å². The maximum absolute atomic E-state index is 11.2. The molecule has 1 unspecified atom stereocenters. The molecule has 0 bridgehead atoms.